The van der Waals surface area contributed by atoms with Crippen LogP contribution in [0.15, 0.2) is 24.3 Å². The second-order valence-corrected chi connectivity index (χ2v) is 4.29. The van der Waals surface area contributed by atoms with Gasteiger partial charge in [-0.15, -0.1) is 0 Å². The predicted molar refractivity (Wildman–Crippen MR) is 71.2 cm³/mol. The van der Waals surface area contributed by atoms with Crippen molar-refractivity contribution in [2.24, 2.45) is 0 Å². The average molecular weight is 244 g/mol. The number of anilines is 2. The third-order valence-corrected chi connectivity index (χ3v) is 2.86. The average Bonchev–Trinajstić information content (AvgIpc) is 2.64. The molecule has 0 aliphatic heterocycles. The van der Waals surface area contributed by atoms with Gasteiger partial charge in [-0.2, -0.15) is 5.10 Å². The van der Waals surface area contributed by atoms with Gasteiger partial charge in [0.1, 0.15) is 0 Å². The molecule has 2 rings (SSSR count). The molecule has 0 unspecified atom stereocenters. The number of aromatic nitrogens is 2. The number of carbonyl (C=O) groups is 1. The van der Waals surface area contributed by atoms with Gasteiger partial charge in [-0.05, 0) is 31.5 Å². The molecule has 0 atom stereocenters. The number of aryl methyl sites for hydroxylation is 1. The van der Waals surface area contributed by atoms with Crippen LogP contribution in [0.3, 0.4) is 0 Å². The van der Waals surface area contributed by atoms with Gasteiger partial charge in [0.2, 0.25) is 5.91 Å². The van der Waals surface area contributed by atoms with Gasteiger partial charge in [0.15, 0.2) is 5.82 Å². The summed E-state index contributed by atoms with van der Waals surface area (Å²) in [5.41, 5.74) is 9.12. The van der Waals surface area contributed by atoms with Gasteiger partial charge in [0.25, 0.3) is 0 Å². The SMILES string of the molecule is Cc1[nH]nc(NC(=O)Cc2ccc(N)cc2)c1C. The van der Waals surface area contributed by atoms with Crippen LogP contribution in [0.4, 0.5) is 11.5 Å². The molecule has 0 spiro atoms. The number of hydrogen-bond acceptors (Lipinski definition) is 3. The lowest BCUT2D eigenvalue weighted by Crippen LogP contribution is -2.15. The standard InChI is InChI=1S/C13H16N4O/c1-8-9(2)16-17-13(8)15-12(18)7-10-3-5-11(14)6-4-10/h3-6H,7,14H2,1-2H3,(H2,15,16,17,18). The summed E-state index contributed by atoms with van der Waals surface area (Å²) in [4.78, 5) is 11.8. The summed E-state index contributed by atoms with van der Waals surface area (Å²) in [6, 6.07) is 7.26. The third-order valence-electron chi connectivity index (χ3n) is 2.86. The van der Waals surface area contributed by atoms with Gasteiger partial charge >= 0.3 is 0 Å². The zero-order chi connectivity index (χ0) is 13.1. The van der Waals surface area contributed by atoms with Crippen molar-refractivity contribution in [3.8, 4) is 0 Å². The van der Waals surface area contributed by atoms with E-state index in [1.54, 1.807) is 12.1 Å². The molecule has 0 saturated heterocycles. The van der Waals surface area contributed by atoms with E-state index in [0.29, 0.717) is 17.9 Å². The van der Waals surface area contributed by atoms with Crippen LogP contribution < -0.4 is 11.1 Å². The van der Waals surface area contributed by atoms with Crippen molar-refractivity contribution in [3.63, 3.8) is 0 Å². The first kappa shape index (κ1) is 12.2. The van der Waals surface area contributed by atoms with Crippen molar-refractivity contribution in [1.29, 1.82) is 0 Å². The molecule has 1 amide bonds. The van der Waals surface area contributed by atoms with E-state index >= 15 is 0 Å². The third kappa shape index (κ3) is 2.68. The zero-order valence-corrected chi connectivity index (χ0v) is 10.4. The maximum absolute atomic E-state index is 11.8. The first-order chi connectivity index (χ1) is 8.56. The summed E-state index contributed by atoms with van der Waals surface area (Å²) >= 11 is 0. The maximum atomic E-state index is 11.8. The van der Waals surface area contributed by atoms with Crippen molar-refractivity contribution < 1.29 is 4.79 Å². The number of benzene rings is 1. The highest BCUT2D eigenvalue weighted by atomic mass is 16.1. The second-order valence-electron chi connectivity index (χ2n) is 4.29. The molecule has 0 radical (unpaired) electrons. The summed E-state index contributed by atoms with van der Waals surface area (Å²) in [6.07, 6.45) is 0.311. The predicted octanol–water partition coefficient (Wildman–Crippen LogP) is 1.79. The molecule has 0 bridgehead atoms. The number of nitrogens with one attached hydrogen (secondary N) is 2. The van der Waals surface area contributed by atoms with Crippen molar-refractivity contribution in [3.05, 3.63) is 41.1 Å². The van der Waals surface area contributed by atoms with E-state index in [1.165, 1.54) is 0 Å². The van der Waals surface area contributed by atoms with Crippen LogP contribution in [0, 0.1) is 13.8 Å². The Kier molecular flexibility index (Phi) is 3.32. The number of amides is 1. The Balaban J connectivity index is 2.01. The Labute approximate surface area is 105 Å². The van der Waals surface area contributed by atoms with Crippen molar-refractivity contribution in [1.82, 2.24) is 10.2 Å². The van der Waals surface area contributed by atoms with E-state index in [4.69, 9.17) is 5.73 Å². The molecule has 94 valence electrons. The largest absolute Gasteiger partial charge is 0.399 e. The molecule has 5 heteroatoms. The lowest BCUT2D eigenvalue weighted by Gasteiger charge is -2.04. The Bertz CT molecular complexity index is 557. The number of aromatic amines is 1. The monoisotopic (exact) mass is 244 g/mol. The summed E-state index contributed by atoms with van der Waals surface area (Å²) in [7, 11) is 0. The van der Waals surface area contributed by atoms with Crippen LogP contribution in [0.2, 0.25) is 0 Å². The van der Waals surface area contributed by atoms with Gasteiger partial charge in [-0.3, -0.25) is 9.89 Å². The van der Waals surface area contributed by atoms with E-state index in [1.807, 2.05) is 26.0 Å². The fourth-order valence-corrected chi connectivity index (χ4v) is 1.60. The Morgan fingerprint density at radius 3 is 2.56 bits per heavy atom. The molecular formula is C13H16N4O. The lowest BCUT2D eigenvalue weighted by atomic mass is 10.1. The van der Waals surface area contributed by atoms with Crippen LogP contribution in [0.25, 0.3) is 0 Å². The fraction of sp³-hybridized carbons (Fsp3) is 0.231. The number of nitrogens with two attached hydrogens (primary N) is 1. The van der Waals surface area contributed by atoms with Crippen molar-refractivity contribution in [2.45, 2.75) is 20.3 Å². The van der Waals surface area contributed by atoms with Gasteiger partial charge in [-0.25, -0.2) is 0 Å². The second kappa shape index (κ2) is 4.91. The number of carbonyl (C=O) groups excluding carboxylic acids is 1. The zero-order valence-electron chi connectivity index (χ0n) is 10.4. The van der Waals surface area contributed by atoms with Crippen molar-refractivity contribution >= 4 is 17.4 Å². The number of nitrogens with zero attached hydrogens (tertiary/aromatic N) is 1. The summed E-state index contributed by atoms with van der Waals surface area (Å²) in [5.74, 6) is 0.502. The highest BCUT2D eigenvalue weighted by Crippen LogP contribution is 2.14. The summed E-state index contributed by atoms with van der Waals surface area (Å²) < 4.78 is 0. The lowest BCUT2D eigenvalue weighted by molar-refractivity contribution is -0.115. The highest BCUT2D eigenvalue weighted by Gasteiger charge is 2.09. The molecule has 1 heterocycles. The molecule has 1 aromatic heterocycles. The smallest absolute Gasteiger partial charge is 0.230 e. The molecule has 0 aliphatic carbocycles. The van der Waals surface area contributed by atoms with Crippen LogP contribution in [-0.4, -0.2) is 16.1 Å². The minimum absolute atomic E-state index is 0.0885. The summed E-state index contributed by atoms with van der Waals surface area (Å²) in [6.45, 7) is 3.83. The number of H-pyrrole nitrogens is 1. The van der Waals surface area contributed by atoms with E-state index in [-0.39, 0.29) is 5.91 Å². The van der Waals surface area contributed by atoms with Gasteiger partial charge in [-0.1, -0.05) is 12.1 Å². The molecule has 0 saturated carbocycles. The van der Waals surface area contributed by atoms with E-state index in [2.05, 4.69) is 15.5 Å². The van der Waals surface area contributed by atoms with Crippen LogP contribution >= 0.6 is 0 Å². The molecule has 0 aliphatic rings. The van der Waals surface area contributed by atoms with Gasteiger partial charge in [0, 0.05) is 16.9 Å². The molecule has 0 fully saturated rings. The molecule has 4 N–H and O–H groups in total. The van der Waals surface area contributed by atoms with Crippen LogP contribution in [0.5, 0.6) is 0 Å². The Hall–Kier alpha value is -2.30. The Morgan fingerprint density at radius 2 is 2.00 bits per heavy atom. The molecule has 18 heavy (non-hydrogen) atoms. The summed E-state index contributed by atoms with van der Waals surface area (Å²) in [5, 5.41) is 9.65. The minimum Gasteiger partial charge on any atom is -0.399 e. The van der Waals surface area contributed by atoms with Gasteiger partial charge in [0.05, 0.1) is 6.42 Å². The fourth-order valence-electron chi connectivity index (χ4n) is 1.60. The van der Waals surface area contributed by atoms with Crippen molar-refractivity contribution in [2.75, 3.05) is 11.1 Å². The van der Waals surface area contributed by atoms with E-state index < -0.39 is 0 Å². The Morgan fingerprint density at radius 1 is 1.33 bits per heavy atom. The molecule has 5 nitrogen and oxygen atoms in total. The molecule has 2 aromatic rings. The first-order valence-corrected chi connectivity index (χ1v) is 5.72. The first-order valence-electron chi connectivity index (χ1n) is 5.72. The molecular weight excluding hydrogens is 228 g/mol. The van der Waals surface area contributed by atoms with E-state index in [9.17, 15) is 4.79 Å². The highest BCUT2D eigenvalue weighted by molar-refractivity contribution is 5.92. The topological polar surface area (TPSA) is 83.8 Å². The van der Waals surface area contributed by atoms with Crippen LogP contribution in [-0.2, 0) is 11.2 Å². The number of hydrogen-bond donors (Lipinski definition) is 3. The maximum Gasteiger partial charge on any atom is 0.230 e. The molecule has 1 aromatic carbocycles. The number of nitrogen functional groups attached to an aromatic ring is 1. The normalized spacial score (nSPS) is 10.3. The quantitative estimate of drug-likeness (QED) is 0.720. The number of rotatable bonds is 3. The van der Waals surface area contributed by atoms with Crippen LogP contribution in [0.1, 0.15) is 16.8 Å². The minimum atomic E-state index is -0.0885. The van der Waals surface area contributed by atoms with Gasteiger partial charge < -0.3 is 11.1 Å². The van der Waals surface area contributed by atoms with E-state index in [0.717, 1.165) is 16.8 Å².